The molecule has 1 aliphatic rings. The first-order valence-electron chi connectivity index (χ1n) is 7.13. The van der Waals surface area contributed by atoms with Gasteiger partial charge in [-0.05, 0) is 19.4 Å². The molecule has 0 radical (unpaired) electrons. The molecule has 2 N–H and O–H groups in total. The Hall–Kier alpha value is -2.08. The maximum atomic E-state index is 11.9. The zero-order chi connectivity index (χ0) is 16.2. The summed E-state index contributed by atoms with van der Waals surface area (Å²) in [6.07, 6.45) is 8.44. The quantitative estimate of drug-likeness (QED) is 0.817. The van der Waals surface area contributed by atoms with Crippen molar-refractivity contribution in [2.24, 2.45) is 0 Å². The van der Waals surface area contributed by atoms with Gasteiger partial charge >= 0.3 is 0 Å². The van der Waals surface area contributed by atoms with Gasteiger partial charge in [0.05, 0.1) is 11.4 Å². The first kappa shape index (κ1) is 16.3. The summed E-state index contributed by atoms with van der Waals surface area (Å²) >= 11 is 0. The number of hydrogen-bond acceptors (Lipinski definition) is 3. The molecule has 118 valence electrons. The Morgan fingerprint density at radius 2 is 1.86 bits per heavy atom. The second-order valence-corrected chi connectivity index (χ2v) is 7.15. The van der Waals surface area contributed by atoms with E-state index < -0.39 is 15.6 Å². The summed E-state index contributed by atoms with van der Waals surface area (Å²) in [7, 11) is -3.40. The molecule has 0 saturated heterocycles. The summed E-state index contributed by atoms with van der Waals surface area (Å²) in [5.41, 5.74) is 0.320. The summed E-state index contributed by atoms with van der Waals surface area (Å²) in [6, 6.07) is 7.08. The lowest BCUT2D eigenvalue weighted by molar-refractivity contribution is -0.120. The van der Waals surface area contributed by atoms with Crippen LogP contribution in [0.1, 0.15) is 25.8 Å². The zero-order valence-corrected chi connectivity index (χ0v) is 13.5. The van der Waals surface area contributed by atoms with Crippen molar-refractivity contribution in [1.82, 2.24) is 5.32 Å². The smallest absolute Gasteiger partial charge is 0.232 e. The van der Waals surface area contributed by atoms with Crippen LogP contribution in [0.15, 0.2) is 48.6 Å². The minimum Gasteiger partial charge on any atom is -0.340 e. The van der Waals surface area contributed by atoms with Gasteiger partial charge in [-0.2, -0.15) is 0 Å². The molecular formula is C16H20N2O3S. The molecule has 0 fully saturated rings. The number of allylic oxidation sites excluding steroid dienone is 2. The predicted octanol–water partition coefficient (Wildman–Crippen LogP) is 2.30. The average Bonchev–Trinajstić information content (AvgIpc) is 2.47. The van der Waals surface area contributed by atoms with Gasteiger partial charge in [-0.3, -0.25) is 9.52 Å². The molecule has 0 heterocycles. The van der Waals surface area contributed by atoms with Crippen LogP contribution >= 0.6 is 0 Å². The molecule has 0 atom stereocenters. The number of carbonyl (C=O) groups excluding carboxylic acids is 1. The van der Waals surface area contributed by atoms with Gasteiger partial charge in [0.1, 0.15) is 5.54 Å². The van der Waals surface area contributed by atoms with Crippen LogP contribution in [0.4, 0.5) is 5.69 Å². The van der Waals surface area contributed by atoms with E-state index in [-0.39, 0.29) is 11.7 Å². The number of amides is 1. The highest BCUT2D eigenvalue weighted by Gasteiger charge is 2.31. The first-order chi connectivity index (χ1) is 10.4. The highest BCUT2D eigenvalue weighted by atomic mass is 32.2. The van der Waals surface area contributed by atoms with Gasteiger partial charge in [0.25, 0.3) is 0 Å². The van der Waals surface area contributed by atoms with Gasteiger partial charge in [0.2, 0.25) is 15.9 Å². The summed E-state index contributed by atoms with van der Waals surface area (Å²) in [5.74, 6) is -0.204. The van der Waals surface area contributed by atoms with E-state index in [1.807, 2.05) is 36.4 Å². The lowest BCUT2D eigenvalue weighted by Crippen LogP contribution is -2.43. The molecule has 0 bridgehead atoms. The molecule has 1 aromatic carbocycles. The van der Waals surface area contributed by atoms with E-state index in [1.165, 1.54) is 6.92 Å². The largest absolute Gasteiger partial charge is 0.340 e. The number of nitrogens with one attached hydrogen (secondary N) is 2. The van der Waals surface area contributed by atoms with Crippen molar-refractivity contribution < 1.29 is 13.2 Å². The van der Waals surface area contributed by atoms with Crippen molar-refractivity contribution in [2.45, 2.75) is 25.8 Å². The van der Waals surface area contributed by atoms with Crippen LogP contribution in [-0.2, 0) is 20.4 Å². The molecule has 0 spiro atoms. The third-order valence-corrected chi connectivity index (χ3v) is 4.73. The van der Waals surface area contributed by atoms with Crippen molar-refractivity contribution in [2.75, 3.05) is 10.5 Å². The molecule has 6 heteroatoms. The van der Waals surface area contributed by atoms with Gasteiger partial charge in [-0.25, -0.2) is 8.42 Å². The molecule has 0 unspecified atom stereocenters. The van der Waals surface area contributed by atoms with Gasteiger partial charge in [0, 0.05) is 12.5 Å². The molecule has 5 nitrogen and oxygen atoms in total. The summed E-state index contributed by atoms with van der Waals surface area (Å²) in [6.45, 7) is 3.02. The van der Waals surface area contributed by atoms with E-state index in [2.05, 4.69) is 10.0 Å². The van der Waals surface area contributed by atoms with E-state index >= 15 is 0 Å². The standard InChI is InChI=1S/C16H20N2O3S/c1-3-22(20,21)18-15-10-6-5-9-14(15)16(17-13(2)19)11-7-4-8-12-16/h5-12,18H,3-4H2,1-2H3,(H,17,19). The summed E-state index contributed by atoms with van der Waals surface area (Å²) < 4.78 is 26.4. The maximum absolute atomic E-state index is 11.9. The second-order valence-electron chi connectivity index (χ2n) is 5.14. The van der Waals surface area contributed by atoms with Crippen LogP contribution in [0.5, 0.6) is 0 Å². The van der Waals surface area contributed by atoms with Crippen molar-refractivity contribution in [3.8, 4) is 0 Å². The first-order valence-corrected chi connectivity index (χ1v) is 8.78. The van der Waals surface area contributed by atoms with Crippen LogP contribution in [0.3, 0.4) is 0 Å². The SMILES string of the molecule is CCS(=O)(=O)Nc1ccccc1C1(NC(C)=O)C=CCC=C1. The number of anilines is 1. The van der Waals surface area contributed by atoms with Crippen LogP contribution in [0.2, 0.25) is 0 Å². The van der Waals surface area contributed by atoms with Crippen molar-refractivity contribution in [3.05, 3.63) is 54.1 Å². The van der Waals surface area contributed by atoms with Crippen LogP contribution < -0.4 is 10.0 Å². The maximum Gasteiger partial charge on any atom is 0.232 e. The van der Waals surface area contributed by atoms with Crippen LogP contribution in [0.25, 0.3) is 0 Å². The fraction of sp³-hybridized carbons (Fsp3) is 0.312. The fourth-order valence-electron chi connectivity index (χ4n) is 2.44. The summed E-state index contributed by atoms with van der Waals surface area (Å²) in [5, 5.41) is 2.91. The second kappa shape index (κ2) is 6.36. The van der Waals surface area contributed by atoms with Gasteiger partial charge in [-0.15, -0.1) is 0 Å². The minimum atomic E-state index is -3.40. The molecule has 1 amide bonds. The summed E-state index contributed by atoms with van der Waals surface area (Å²) in [4.78, 5) is 11.6. The van der Waals surface area contributed by atoms with E-state index in [1.54, 1.807) is 19.1 Å². The van der Waals surface area contributed by atoms with Gasteiger partial charge < -0.3 is 5.32 Å². The fourth-order valence-corrected chi connectivity index (χ4v) is 3.09. The lowest BCUT2D eigenvalue weighted by Gasteiger charge is -2.32. The van der Waals surface area contributed by atoms with E-state index in [9.17, 15) is 13.2 Å². The highest BCUT2D eigenvalue weighted by Crippen LogP contribution is 2.33. The topological polar surface area (TPSA) is 75.3 Å². The number of benzene rings is 1. The van der Waals surface area contributed by atoms with Crippen LogP contribution in [-0.4, -0.2) is 20.1 Å². The highest BCUT2D eigenvalue weighted by molar-refractivity contribution is 7.92. The van der Waals surface area contributed by atoms with Crippen molar-refractivity contribution in [3.63, 3.8) is 0 Å². The Labute approximate surface area is 131 Å². The molecule has 0 aliphatic heterocycles. The molecule has 1 aromatic rings. The molecule has 0 aromatic heterocycles. The number of rotatable bonds is 5. The Morgan fingerprint density at radius 1 is 1.23 bits per heavy atom. The number of hydrogen-bond donors (Lipinski definition) is 2. The van der Waals surface area contributed by atoms with E-state index in [0.29, 0.717) is 11.3 Å². The molecule has 0 saturated carbocycles. The third kappa shape index (κ3) is 3.57. The predicted molar refractivity (Wildman–Crippen MR) is 87.9 cm³/mol. The zero-order valence-electron chi connectivity index (χ0n) is 12.7. The van der Waals surface area contributed by atoms with Crippen molar-refractivity contribution >= 4 is 21.6 Å². The Bertz CT molecular complexity index is 709. The lowest BCUT2D eigenvalue weighted by atomic mass is 9.85. The molecule has 2 rings (SSSR count). The molecule has 22 heavy (non-hydrogen) atoms. The average molecular weight is 320 g/mol. The number of carbonyl (C=O) groups is 1. The molecule has 1 aliphatic carbocycles. The van der Waals surface area contributed by atoms with Gasteiger partial charge in [-0.1, -0.05) is 42.5 Å². The normalized spacial score (nSPS) is 16.3. The van der Waals surface area contributed by atoms with Gasteiger partial charge in [0.15, 0.2) is 0 Å². The number of para-hydroxylation sites is 1. The van der Waals surface area contributed by atoms with E-state index in [4.69, 9.17) is 0 Å². The Kier molecular flexibility index (Phi) is 4.71. The molecular weight excluding hydrogens is 300 g/mol. The number of sulfonamides is 1. The monoisotopic (exact) mass is 320 g/mol. The van der Waals surface area contributed by atoms with Crippen LogP contribution in [0, 0.1) is 0 Å². The Balaban J connectivity index is 2.53. The van der Waals surface area contributed by atoms with Crippen molar-refractivity contribution in [1.29, 1.82) is 0 Å². The van der Waals surface area contributed by atoms with E-state index in [0.717, 1.165) is 6.42 Å². The third-order valence-electron chi connectivity index (χ3n) is 3.43. The Morgan fingerprint density at radius 3 is 2.45 bits per heavy atom. The minimum absolute atomic E-state index is 0.0137.